The Morgan fingerprint density at radius 1 is 1.50 bits per heavy atom. The second-order valence-corrected chi connectivity index (χ2v) is 2.71. The molecular formula is C8H11N3O. The van der Waals surface area contributed by atoms with Crippen molar-refractivity contribution in [3.8, 4) is 12.3 Å². The van der Waals surface area contributed by atoms with E-state index in [9.17, 15) is 4.79 Å². The van der Waals surface area contributed by atoms with E-state index in [1.165, 1.54) is 0 Å². The molecule has 1 rings (SSSR count). The molecule has 4 heteroatoms. The van der Waals surface area contributed by atoms with Crippen molar-refractivity contribution in [2.24, 2.45) is 10.2 Å². The molecule has 0 aromatic carbocycles. The molecular weight excluding hydrogens is 154 g/mol. The van der Waals surface area contributed by atoms with Crippen molar-refractivity contribution in [1.29, 1.82) is 0 Å². The minimum absolute atomic E-state index is 0.262. The van der Waals surface area contributed by atoms with Crippen LogP contribution in [0.2, 0.25) is 0 Å². The molecule has 0 saturated heterocycles. The van der Waals surface area contributed by atoms with Crippen LogP contribution in [0.25, 0.3) is 0 Å². The van der Waals surface area contributed by atoms with Gasteiger partial charge in [-0.3, -0.25) is 4.79 Å². The van der Waals surface area contributed by atoms with Gasteiger partial charge in [-0.2, -0.15) is 10.2 Å². The second kappa shape index (κ2) is 3.86. The molecule has 0 aromatic rings. The maximum absolute atomic E-state index is 9.92. The number of carbonyl (C=O) groups excluding carboxylic acids is 1. The van der Waals surface area contributed by atoms with Crippen molar-refractivity contribution < 1.29 is 4.79 Å². The summed E-state index contributed by atoms with van der Waals surface area (Å²) in [7, 11) is 0. The van der Waals surface area contributed by atoms with E-state index in [2.05, 4.69) is 21.5 Å². The largest absolute Gasteiger partial charge is 0.359 e. The highest BCUT2D eigenvalue weighted by atomic mass is 16.1. The molecule has 0 aliphatic carbocycles. The molecule has 64 valence electrons. The quantitative estimate of drug-likeness (QED) is 0.351. The van der Waals surface area contributed by atoms with Gasteiger partial charge in [0, 0.05) is 25.8 Å². The predicted octanol–water partition coefficient (Wildman–Crippen LogP) is 0.698. The molecule has 0 saturated carbocycles. The Kier molecular flexibility index (Phi) is 2.81. The Labute approximate surface area is 71.4 Å². The minimum atomic E-state index is -0.262. The van der Waals surface area contributed by atoms with Crippen LogP contribution in [0.5, 0.6) is 0 Å². The summed E-state index contributed by atoms with van der Waals surface area (Å²) < 4.78 is 0. The molecule has 1 N–H and O–H groups in total. The molecule has 0 fully saturated rings. The summed E-state index contributed by atoms with van der Waals surface area (Å²) in [5.74, 6) is 2.54. The lowest BCUT2D eigenvalue weighted by atomic mass is 10.0. The first kappa shape index (κ1) is 8.72. The molecule has 0 bridgehead atoms. The molecule has 1 aliphatic heterocycles. The molecule has 1 amide bonds. The van der Waals surface area contributed by atoms with Gasteiger partial charge in [-0.25, -0.2) is 0 Å². The highest BCUT2D eigenvalue weighted by Crippen LogP contribution is 2.35. The van der Waals surface area contributed by atoms with Crippen LogP contribution in [0.15, 0.2) is 10.2 Å². The number of nitrogens with zero attached hydrogens (tertiary/aromatic N) is 2. The van der Waals surface area contributed by atoms with Gasteiger partial charge in [0.15, 0.2) is 5.66 Å². The average Bonchev–Trinajstić information content (AvgIpc) is 2.83. The van der Waals surface area contributed by atoms with Gasteiger partial charge in [0.1, 0.15) is 0 Å². The maximum atomic E-state index is 9.92. The van der Waals surface area contributed by atoms with E-state index < -0.39 is 0 Å². The van der Waals surface area contributed by atoms with Gasteiger partial charge in [-0.15, -0.1) is 12.3 Å². The van der Waals surface area contributed by atoms with Crippen LogP contribution in [-0.2, 0) is 4.79 Å². The first-order valence-electron chi connectivity index (χ1n) is 3.87. The van der Waals surface area contributed by atoms with Crippen molar-refractivity contribution in [2.45, 2.75) is 24.9 Å². The Morgan fingerprint density at radius 3 is 2.75 bits per heavy atom. The molecule has 12 heavy (non-hydrogen) atoms. The predicted molar refractivity (Wildman–Crippen MR) is 44.3 cm³/mol. The van der Waals surface area contributed by atoms with Crippen molar-refractivity contribution in [2.75, 3.05) is 6.54 Å². The van der Waals surface area contributed by atoms with Gasteiger partial charge < -0.3 is 5.32 Å². The Hall–Kier alpha value is -1.37. The molecule has 1 aliphatic rings. The number of rotatable bonds is 6. The number of hydrogen-bond donors (Lipinski definition) is 1. The van der Waals surface area contributed by atoms with Gasteiger partial charge in [-0.05, 0) is 0 Å². The number of terminal acetylenes is 1. The van der Waals surface area contributed by atoms with E-state index in [0.29, 0.717) is 19.4 Å². The van der Waals surface area contributed by atoms with Gasteiger partial charge in [0.05, 0.1) is 0 Å². The van der Waals surface area contributed by atoms with Crippen LogP contribution in [0.1, 0.15) is 19.3 Å². The van der Waals surface area contributed by atoms with Crippen LogP contribution < -0.4 is 5.32 Å². The van der Waals surface area contributed by atoms with Crippen molar-refractivity contribution in [1.82, 2.24) is 5.32 Å². The van der Waals surface area contributed by atoms with Gasteiger partial charge in [0.2, 0.25) is 6.41 Å². The van der Waals surface area contributed by atoms with Crippen molar-refractivity contribution in [3.63, 3.8) is 0 Å². The monoisotopic (exact) mass is 165 g/mol. The first-order valence-corrected chi connectivity index (χ1v) is 3.87. The zero-order chi connectivity index (χ0) is 8.86. The number of nitrogens with one attached hydrogen (secondary N) is 1. The third kappa shape index (κ3) is 2.35. The smallest absolute Gasteiger partial charge is 0.207 e. The standard InChI is InChI=1S/C8H11N3O/c1-2-3-4-8(10-11-8)5-6-9-7-12/h1,7H,3-6H2,(H,9,12). The SMILES string of the molecule is C#CCCC1(CCNC=O)N=N1. The average molecular weight is 165 g/mol. The summed E-state index contributed by atoms with van der Waals surface area (Å²) in [6.45, 7) is 0.612. The zero-order valence-electron chi connectivity index (χ0n) is 6.79. The van der Waals surface area contributed by atoms with Crippen LogP contribution in [0.4, 0.5) is 0 Å². The van der Waals surface area contributed by atoms with Crippen LogP contribution >= 0.6 is 0 Å². The fraction of sp³-hybridized carbons (Fsp3) is 0.625. The molecule has 0 spiro atoms. The van der Waals surface area contributed by atoms with E-state index in [1.807, 2.05) is 0 Å². The number of carbonyl (C=O) groups is 1. The van der Waals surface area contributed by atoms with Gasteiger partial charge in [-0.1, -0.05) is 0 Å². The summed E-state index contributed by atoms with van der Waals surface area (Å²) in [6.07, 6.45) is 8.03. The highest BCUT2D eigenvalue weighted by Gasteiger charge is 2.38. The second-order valence-electron chi connectivity index (χ2n) is 2.71. The first-order chi connectivity index (χ1) is 5.83. The van der Waals surface area contributed by atoms with E-state index in [0.717, 1.165) is 12.8 Å². The third-order valence-electron chi connectivity index (χ3n) is 1.81. The van der Waals surface area contributed by atoms with Crippen LogP contribution in [0, 0.1) is 12.3 Å². The summed E-state index contributed by atoms with van der Waals surface area (Å²) in [5.41, 5.74) is -0.262. The fourth-order valence-electron chi connectivity index (χ4n) is 0.999. The molecule has 4 nitrogen and oxygen atoms in total. The topological polar surface area (TPSA) is 53.8 Å². The lowest BCUT2D eigenvalue weighted by Gasteiger charge is -2.06. The van der Waals surface area contributed by atoms with E-state index >= 15 is 0 Å². The van der Waals surface area contributed by atoms with Gasteiger partial charge >= 0.3 is 0 Å². The highest BCUT2D eigenvalue weighted by molar-refractivity contribution is 5.45. The minimum Gasteiger partial charge on any atom is -0.359 e. The van der Waals surface area contributed by atoms with Gasteiger partial charge in [0.25, 0.3) is 0 Å². The van der Waals surface area contributed by atoms with Crippen LogP contribution in [0.3, 0.4) is 0 Å². The van der Waals surface area contributed by atoms with E-state index in [1.54, 1.807) is 0 Å². The summed E-state index contributed by atoms with van der Waals surface area (Å²) in [6, 6.07) is 0. The molecule has 0 aromatic heterocycles. The third-order valence-corrected chi connectivity index (χ3v) is 1.81. The lowest BCUT2D eigenvalue weighted by Crippen LogP contribution is -2.21. The molecule has 0 radical (unpaired) electrons. The lowest BCUT2D eigenvalue weighted by molar-refractivity contribution is -0.109. The summed E-state index contributed by atoms with van der Waals surface area (Å²) in [4.78, 5) is 9.92. The van der Waals surface area contributed by atoms with Crippen molar-refractivity contribution in [3.05, 3.63) is 0 Å². The summed E-state index contributed by atoms with van der Waals surface area (Å²) in [5, 5.41) is 10.4. The van der Waals surface area contributed by atoms with E-state index in [4.69, 9.17) is 6.42 Å². The normalized spacial score (nSPS) is 16.6. The maximum Gasteiger partial charge on any atom is 0.207 e. The molecule has 1 heterocycles. The van der Waals surface area contributed by atoms with Crippen LogP contribution in [-0.4, -0.2) is 18.6 Å². The number of hydrogen-bond acceptors (Lipinski definition) is 3. The molecule has 0 atom stereocenters. The Morgan fingerprint density at radius 2 is 2.25 bits per heavy atom. The fourth-order valence-corrected chi connectivity index (χ4v) is 0.999. The van der Waals surface area contributed by atoms with E-state index in [-0.39, 0.29) is 5.66 Å². The Bertz CT molecular complexity index is 223. The number of amides is 1. The van der Waals surface area contributed by atoms with Crippen molar-refractivity contribution >= 4 is 6.41 Å². The molecule has 0 unspecified atom stereocenters. The summed E-state index contributed by atoms with van der Waals surface area (Å²) >= 11 is 0. The Balaban J connectivity index is 2.13. The zero-order valence-corrected chi connectivity index (χ0v) is 6.79.